The summed E-state index contributed by atoms with van der Waals surface area (Å²) in [5.74, 6) is 0. The van der Waals surface area contributed by atoms with Crippen LogP contribution in [0.2, 0.25) is 0 Å². The maximum atomic E-state index is 11.8. The van der Waals surface area contributed by atoms with Gasteiger partial charge in [-0.25, -0.2) is 4.39 Å². The molecule has 0 saturated heterocycles. The van der Waals surface area contributed by atoms with Crippen molar-refractivity contribution >= 4 is 0 Å². The van der Waals surface area contributed by atoms with Crippen LogP contribution in [0.25, 0.3) is 0 Å². The van der Waals surface area contributed by atoms with Crippen molar-refractivity contribution in [3.05, 3.63) is 11.9 Å². The van der Waals surface area contributed by atoms with Crippen molar-refractivity contribution in [2.24, 2.45) is 5.73 Å². The first kappa shape index (κ1) is 9.59. The van der Waals surface area contributed by atoms with Crippen LogP contribution in [0.15, 0.2) is 11.9 Å². The molecule has 60 valence electrons. The van der Waals surface area contributed by atoms with Gasteiger partial charge in [0.1, 0.15) is 0 Å². The van der Waals surface area contributed by atoms with Gasteiger partial charge in [-0.1, -0.05) is 0 Å². The van der Waals surface area contributed by atoms with Crippen LogP contribution in [0.3, 0.4) is 0 Å². The molecule has 0 aromatic carbocycles. The number of hydrogen-bond donors (Lipinski definition) is 1. The molecule has 0 spiro atoms. The summed E-state index contributed by atoms with van der Waals surface area (Å²) in [7, 11) is 0. The largest absolute Gasteiger partial charge is 0.374 e. The predicted octanol–water partition coefficient (Wildman–Crippen LogP) is 1.22. The summed E-state index contributed by atoms with van der Waals surface area (Å²) >= 11 is 0. The van der Waals surface area contributed by atoms with Gasteiger partial charge in [-0.15, -0.1) is 0 Å². The highest BCUT2D eigenvalue weighted by molar-refractivity contribution is 4.99. The Balaban J connectivity index is 3.46. The van der Waals surface area contributed by atoms with Crippen LogP contribution in [0, 0.1) is 0 Å². The van der Waals surface area contributed by atoms with E-state index in [4.69, 9.17) is 10.5 Å². The number of hydrogen-bond acceptors (Lipinski definition) is 2. The second-order valence-electron chi connectivity index (χ2n) is 2.33. The molecule has 0 radical (unpaired) electrons. The van der Waals surface area contributed by atoms with Gasteiger partial charge < -0.3 is 10.5 Å². The second kappa shape index (κ2) is 5.38. The summed E-state index contributed by atoms with van der Waals surface area (Å²) in [5.41, 5.74) is 5.68. The molecule has 2 nitrogen and oxygen atoms in total. The highest BCUT2D eigenvalue weighted by Gasteiger charge is 1.96. The standard InChI is InChI=1S/C7H14FNO/c1-6(2)10-5-7(3-8)4-9/h3,6H,4-5,9H2,1-2H3/b7-3-. The van der Waals surface area contributed by atoms with E-state index in [1.54, 1.807) is 0 Å². The van der Waals surface area contributed by atoms with Crippen LogP contribution in [-0.2, 0) is 4.74 Å². The molecule has 0 aliphatic rings. The number of nitrogens with two attached hydrogens (primary N) is 1. The number of rotatable bonds is 4. The minimum absolute atomic E-state index is 0.126. The molecule has 0 atom stereocenters. The van der Waals surface area contributed by atoms with Crippen molar-refractivity contribution in [3.8, 4) is 0 Å². The molecular weight excluding hydrogens is 133 g/mol. The summed E-state index contributed by atoms with van der Waals surface area (Å²) in [6.07, 6.45) is 0.629. The quantitative estimate of drug-likeness (QED) is 0.649. The first-order chi connectivity index (χ1) is 4.70. The van der Waals surface area contributed by atoms with E-state index in [-0.39, 0.29) is 12.6 Å². The van der Waals surface area contributed by atoms with Crippen LogP contribution in [-0.4, -0.2) is 19.3 Å². The van der Waals surface area contributed by atoms with Gasteiger partial charge in [0.15, 0.2) is 0 Å². The number of ether oxygens (including phenoxy) is 1. The van der Waals surface area contributed by atoms with E-state index in [9.17, 15) is 4.39 Å². The lowest BCUT2D eigenvalue weighted by molar-refractivity contribution is 0.0961. The summed E-state index contributed by atoms with van der Waals surface area (Å²) in [4.78, 5) is 0. The Kier molecular flexibility index (Phi) is 5.16. The van der Waals surface area contributed by atoms with Gasteiger partial charge in [0, 0.05) is 6.54 Å². The average molecular weight is 147 g/mol. The molecule has 10 heavy (non-hydrogen) atoms. The Hall–Kier alpha value is -0.410. The monoisotopic (exact) mass is 147 g/mol. The maximum Gasteiger partial charge on any atom is 0.0894 e. The highest BCUT2D eigenvalue weighted by Crippen LogP contribution is 1.96. The molecule has 0 aliphatic heterocycles. The van der Waals surface area contributed by atoms with Gasteiger partial charge in [-0.3, -0.25) is 0 Å². The molecule has 0 aliphatic carbocycles. The smallest absolute Gasteiger partial charge is 0.0894 e. The fraction of sp³-hybridized carbons (Fsp3) is 0.714. The van der Waals surface area contributed by atoms with Gasteiger partial charge in [0.2, 0.25) is 0 Å². The van der Waals surface area contributed by atoms with Crippen LogP contribution in [0.5, 0.6) is 0 Å². The van der Waals surface area contributed by atoms with E-state index in [2.05, 4.69) is 0 Å². The normalized spacial score (nSPS) is 12.7. The predicted molar refractivity (Wildman–Crippen MR) is 39.3 cm³/mol. The fourth-order valence-corrected chi connectivity index (χ4v) is 0.409. The van der Waals surface area contributed by atoms with Crippen molar-refractivity contribution in [3.63, 3.8) is 0 Å². The van der Waals surface area contributed by atoms with E-state index in [0.717, 1.165) is 0 Å². The Morgan fingerprint density at radius 2 is 2.30 bits per heavy atom. The van der Waals surface area contributed by atoms with E-state index < -0.39 is 0 Å². The molecule has 0 heterocycles. The lowest BCUT2D eigenvalue weighted by atomic mass is 10.3. The van der Waals surface area contributed by atoms with Crippen LogP contribution in [0.1, 0.15) is 13.8 Å². The molecule has 0 aromatic rings. The highest BCUT2D eigenvalue weighted by atomic mass is 19.1. The zero-order valence-corrected chi connectivity index (χ0v) is 6.43. The summed E-state index contributed by atoms with van der Waals surface area (Å²) in [6.45, 7) is 4.31. The first-order valence-corrected chi connectivity index (χ1v) is 3.30. The van der Waals surface area contributed by atoms with Crippen molar-refractivity contribution in [2.75, 3.05) is 13.2 Å². The Bertz CT molecular complexity index is 112. The molecule has 0 aromatic heterocycles. The molecule has 0 unspecified atom stereocenters. The van der Waals surface area contributed by atoms with Gasteiger partial charge in [-0.05, 0) is 19.4 Å². The van der Waals surface area contributed by atoms with Crippen LogP contribution < -0.4 is 5.73 Å². The first-order valence-electron chi connectivity index (χ1n) is 3.30. The lowest BCUT2D eigenvalue weighted by Gasteiger charge is -2.07. The number of halogens is 1. The summed E-state index contributed by atoms with van der Waals surface area (Å²) < 4.78 is 16.9. The molecule has 0 fully saturated rings. The average Bonchev–Trinajstić information content (AvgIpc) is 1.90. The van der Waals surface area contributed by atoms with E-state index >= 15 is 0 Å². The van der Waals surface area contributed by atoms with Crippen LogP contribution in [0.4, 0.5) is 4.39 Å². The van der Waals surface area contributed by atoms with Gasteiger partial charge in [-0.2, -0.15) is 0 Å². The van der Waals surface area contributed by atoms with Gasteiger partial charge in [0.25, 0.3) is 0 Å². The molecule has 0 saturated carbocycles. The van der Waals surface area contributed by atoms with Crippen LogP contribution >= 0.6 is 0 Å². The topological polar surface area (TPSA) is 35.2 Å². The third-order valence-electron chi connectivity index (χ3n) is 1.02. The lowest BCUT2D eigenvalue weighted by Crippen LogP contribution is -2.12. The van der Waals surface area contributed by atoms with E-state index in [1.807, 2.05) is 13.8 Å². The third-order valence-corrected chi connectivity index (χ3v) is 1.02. The summed E-state index contributed by atoms with van der Waals surface area (Å²) in [6, 6.07) is 0. The van der Waals surface area contributed by atoms with Crippen molar-refractivity contribution in [2.45, 2.75) is 20.0 Å². The minimum atomic E-state index is 0.126. The van der Waals surface area contributed by atoms with E-state index in [0.29, 0.717) is 18.5 Å². The SMILES string of the molecule is CC(C)OC/C(=C\F)CN. The molecule has 3 heteroatoms. The molecular formula is C7H14FNO. The Morgan fingerprint density at radius 3 is 2.60 bits per heavy atom. The maximum absolute atomic E-state index is 11.8. The van der Waals surface area contributed by atoms with Crippen molar-refractivity contribution in [1.29, 1.82) is 0 Å². The zero-order valence-electron chi connectivity index (χ0n) is 6.43. The van der Waals surface area contributed by atoms with Gasteiger partial charge in [0.05, 0.1) is 19.0 Å². The second-order valence-corrected chi connectivity index (χ2v) is 2.33. The fourth-order valence-electron chi connectivity index (χ4n) is 0.409. The molecule has 0 bridgehead atoms. The van der Waals surface area contributed by atoms with Crippen molar-refractivity contribution in [1.82, 2.24) is 0 Å². The zero-order chi connectivity index (χ0) is 7.98. The van der Waals surface area contributed by atoms with Gasteiger partial charge >= 0.3 is 0 Å². The Labute approximate surface area is 60.9 Å². The minimum Gasteiger partial charge on any atom is -0.374 e. The third kappa shape index (κ3) is 4.47. The summed E-state index contributed by atoms with van der Waals surface area (Å²) in [5, 5.41) is 0. The van der Waals surface area contributed by atoms with Crippen molar-refractivity contribution < 1.29 is 9.13 Å². The molecule has 0 rings (SSSR count). The van der Waals surface area contributed by atoms with E-state index in [1.165, 1.54) is 0 Å². The molecule has 2 N–H and O–H groups in total. The molecule has 0 amide bonds. The Morgan fingerprint density at radius 1 is 1.70 bits per heavy atom.